The largest absolute Gasteiger partial charge is 0.460 e. The molecule has 0 radical (unpaired) electrons. The second kappa shape index (κ2) is 9.82. The lowest BCUT2D eigenvalue weighted by Crippen LogP contribution is -2.51. The van der Waals surface area contributed by atoms with E-state index in [1.54, 1.807) is 12.1 Å². The standard InChI is InChI=1S/C25H30Cl2N2O3/c1-16(8-11-22(30)32-24(2,3)4)15-28-25(14-17-6-5-7-18(26)12-17)20-10-9-19(27)13-21(20)29-23(25)31/h5-7,9-10,12-13,16,28H,8,11,14-15H2,1-4H3,(H,29,31). The molecule has 0 fully saturated rings. The van der Waals surface area contributed by atoms with Crippen LogP contribution in [0, 0.1) is 5.92 Å². The Morgan fingerprint density at radius 2 is 1.88 bits per heavy atom. The fraction of sp³-hybridized carbons (Fsp3) is 0.440. The minimum atomic E-state index is -0.954. The molecule has 0 saturated carbocycles. The summed E-state index contributed by atoms with van der Waals surface area (Å²) in [6.45, 7) is 8.19. The summed E-state index contributed by atoms with van der Waals surface area (Å²) in [6.07, 6.45) is 1.43. The number of carbonyl (C=O) groups excluding carboxylic acids is 2. The summed E-state index contributed by atoms with van der Waals surface area (Å²) in [5, 5.41) is 7.67. The van der Waals surface area contributed by atoms with Crippen molar-refractivity contribution >= 4 is 40.8 Å². The van der Waals surface area contributed by atoms with Crippen molar-refractivity contribution in [1.82, 2.24) is 5.32 Å². The van der Waals surface area contributed by atoms with Gasteiger partial charge >= 0.3 is 5.97 Å². The molecule has 2 unspecified atom stereocenters. The summed E-state index contributed by atoms with van der Waals surface area (Å²) in [4.78, 5) is 25.3. The predicted octanol–water partition coefficient (Wildman–Crippen LogP) is 5.73. The van der Waals surface area contributed by atoms with Crippen LogP contribution in [0.1, 0.15) is 51.7 Å². The van der Waals surface area contributed by atoms with Crippen LogP contribution in [0.4, 0.5) is 5.69 Å². The fourth-order valence-electron chi connectivity index (χ4n) is 3.92. The van der Waals surface area contributed by atoms with Gasteiger partial charge in [0.2, 0.25) is 5.91 Å². The Morgan fingerprint density at radius 3 is 2.56 bits per heavy atom. The Hall–Kier alpha value is -2.08. The van der Waals surface area contributed by atoms with E-state index in [2.05, 4.69) is 17.6 Å². The van der Waals surface area contributed by atoms with E-state index in [0.29, 0.717) is 41.5 Å². The Labute approximate surface area is 199 Å². The monoisotopic (exact) mass is 476 g/mol. The number of ether oxygens (including phenoxy) is 1. The number of hydrogen-bond donors (Lipinski definition) is 2. The van der Waals surface area contributed by atoms with Crippen molar-refractivity contribution in [1.29, 1.82) is 0 Å². The molecule has 5 nitrogen and oxygen atoms in total. The van der Waals surface area contributed by atoms with Crippen LogP contribution in [-0.4, -0.2) is 24.0 Å². The summed E-state index contributed by atoms with van der Waals surface area (Å²) < 4.78 is 5.40. The second-order valence-electron chi connectivity index (χ2n) is 9.47. The Bertz CT molecular complexity index is 1000. The molecule has 2 N–H and O–H groups in total. The normalized spacial score (nSPS) is 18.8. The molecule has 2 aromatic carbocycles. The summed E-state index contributed by atoms with van der Waals surface area (Å²) >= 11 is 12.4. The van der Waals surface area contributed by atoms with Crippen molar-refractivity contribution in [2.24, 2.45) is 5.92 Å². The molecule has 172 valence electrons. The molecule has 0 aliphatic carbocycles. The number of benzene rings is 2. The highest BCUT2D eigenvalue weighted by Crippen LogP contribution is 2.40. The Kier molecular flexibility index (Phi) is 7.53. The average Bonchev–Trinajstić information content (AvgIpc) is 2.94. The molecule has 1 heterocycles. The van der Waals surface area contributed by atoms with Gasteiger partial charge in [0.25, 0.3) is 0 Å². The molecule has 3 rings (SSSR count). The lowest BCUT2D eigenvalue weighted by molar-refractivity contribution is -0.155. The van der Waals surface area contributed by atoms with Crippen molar-refractivity contribution < 1.29 is 14.3 Å². The molecular formula is C25H30Cl2N2O3. The van der Waals surface area contributed by atoms with Crippen LogP contribution in [0.3, 0.4) is 0 Å². The van der Waals surface area contributed by atoms with Gasteiger partial charge in [-0.3, -0.25) is 14.9 Å². The van der Waals surface area contributed by atoms with Gasteiger partial charge in [-0.1, -0.05) is 48.3 Å². The van der Waals surface area contributed by atoms with E-state index in [0.717, 1.165) is 11.1 Å². The molecule has 2 aromatic rings. The average molecular weight is 477 g/mol. The van der Waals surface area contributed by atoms with Crippen molar-refractivity contribution in [3.63, 3.8) is 0 Å². The van der Waals surface area contributed by atoms with Crippen molar-refractivity contribution in [2.75, 3.05) is 11.9 Å². The molecule has 0 spiro atoms. The molecule has 1 aliphatic heterocycles. The lowest BCUT2D eigenvalue weighted by Gasteiger charge is -2.31. The van der Waals surface area contributed by atoms with Gasteiger partial charge < -0.3 is 10.1 Å². The van der Waals surface area contributed by atoms with Gasteiger partial charge in [-0.15, -0.1) is 0 Å². The van der Waals surface area contributed by atoms with Crippen molar-refractivity contribution in [3.05, 3.63) is 63.6 Å². The SMILES string of the molecule is CC(CCC(=O)OC(C)(C)C)CNC1(Cc2cccc(Cl)c2)C(=O)Nc2cc(Cl)ccc21. The first kappa shape index (κ1) is 24.6. The summed E-state index contributed by atoms with van der Waals surface area (Å²) in [7, 11) is 0. The number of esters is 1. The Morgan fingerprint density at radius 1 is 1.16 bits per heavy atom. The zero-order valence-corrected chi connectivity index (χ0v) is 20.4. The molecule has 1 aliphatic rings. The second-order valence-corrected chi connectivity index (χ2v) is 10.3. The number of carbonyl (C=O) groups is 2. The van der Waals surface area contributed by atoms with Gasteiger partial charge in [0.1, 0.15) is 11.1 Å². The Balaban J connectivity index is 1.78. The van der Waals surface area contributed by atoms with E-state index in [-0.39, 0.29) is 17.8 Å². The highest BCUT2D eigenvalue weighted by atomic mass is 35.5. The molecule has 0 bridgehead atoms. The highest BCUT2D eigenvalue weighted by Gasteiger charge is 2.46. The van der Waals surface area contributed by atoms with Crippen LogP contribution in [0.15, 0.2) is 42.5 Å². The number of fused-ring (bicyclic) bond motifs is 1. The summed E-state index contributed by atoms with van der Waals surface area (Å²) in [6, 6.07) is 13.0. The lowest BCUT2D eigenvalue weighted by atomic mass is 9.84. The van der Waals surface area contributed by atoms with Gasteiger partial charge in [0, 0.05) is 34.1 Å². The number of hydrogen-bond acceptors (Lipinski definition) is 4. The maximum absolute atomic E-state index is 13.3. The first-order valence-electron chi connectivity index (χ1n) is 10.8. The molecule has 7 heteroatoms. The van der Waals surface area contributed by atoms with Crippen LogP contribution in [0.5, 0.6) is 0 Å². The molecule has 32 heavy (non-hydrogen) atoms. The number of halogens is 2. The number of rotatable bonds is 8. The fourth-order valence-corrected chi connectivity index (χ4v) is 4.30. The van der Waals surface area contributed by atoms with Gasteiger partial charge in [-0.2, -0.15) is 0 Å². The van der Waals surface area contributed by atoms with E-state index >= 15 is 0 Å². The highest BCUT2D eigenvalue weighted by molar-refractivity contribution is 6.31. The van der Waals surface area contributed by atoms with E-state index < -0.39 is 11.1 Å². The van der Waals surface area contributed by atoms with Gasteiger partial charge in [0.05, 0.1) is 0 Å². The van der Waals surface area contributed by atoms with Gasteiger partial charge in [-0.25, -0.2) is 0 Å². The zero-order valence-electron chi connectivity index (χ0n) is 18.9. The number of anilines is 1. The van der Waals surface area contributed by atoms with Crippen LogP contribution in [0.2, 0.25) is 10.0 Å². The van der Waals surface area contributed by atoms with Crippen molar-refractivity contribution in [2.45, 2.75) is 58.1 Å². The van der Waals surface area contributed by atoms with E-state index in [1.165, 1.54) is 0 Å². The van der Waals surface area contributed by atoms with Crippen LogP contribution < -0.4 is 10.6 Å². The molecule has 0 saturated heterocycles. The van der Waals surface area contributed by atoms with Crippen LogP contribution in [-0.2, 0) is 26.3 Å². The third kappa shape index (κ3) is 6.03. The maximum atomic E-state index is 13.3. The zero-order chi connectivity index (χ0) is 23.5. The predicted molar refractivity (Wildman–Crippen MR) is 129 cm³/mol. The first-order chi connectivity index (χ1) is 15.0. The van der Waals surface area contributed by atoms with E-state index in [9.17, 15) is 9.59 Å². The molecule has 0 aromatic heterocycles. The maximum Gasteiger partial charge on any atom is 0.306 e. The van der Waals surface area contributed by atoms with Crippen LogP contribution >= 0.6 is 23.2 Å². The number of amides is 1. The third-order valence-electron chi connectivity index (χ3n) is 5.45. The molecule has 2 atom stereocenters. The first-order valence-corrected chi connectivity index (χ1v) is 11.6. The van der Waals surface area contributed by atoms with Crippen molar-refractivity contribution in [3.8, 4) is 0 Å². The summed E-state index contributed by atoms with van der Waals surface area (Å²) in [5.74, 6) is -0.187. The molecular weight excluding hydrogens is 447 g/mol. The van der Waals surface area contributed by atoms with Gasteiger partial charge in [-0.05, 0) is 69.5 Å². The number of nitrogens with one attached hydrogen (secondary N) is 2. The van der Waals surface area contributed by atoms with Gasteiger partial charge in [0.15, 0.2) is 0 Å². The van der Waals surface area contributed by atoms with E-state index in [1.807, 2.05) is 51.1 Å². The van der Waals surface area contributed by atoms with E-state index in [4.69, 9.17) is 27.9 Å². The topological polar surface area (TPSA) is 67.4 Å². The smallest absolute Gasteiger partial charge is 0.306 e. The minimum absolute atomic E-state index is 0.130. The summed E-state index contributed by atoms with van der Waals surface area (Å²) in [5.41, 5.74) is 1.06. The van der Waals surface area contributed by atoms with Crippen LogP contribution in [0.25, 0.3) is 0 Å². The quantitative estimate of drug-likeness (QED) is 0.477. The molecule has 1 amide bonds. The minimum Gasteiger partial charge on any atom is -0.460 e. The third-order valence-corrected chi connectivity index (χ3v) is 5.92.